The molecule has 29 heavy (non-hydrogen) atoms. The van der Waals surface area contributed by atoms with Gasteiger partial charge >= 0.3 is 0 Å². The summed E-state index contributed by atoms with van der Waals surface area (Å²) in [5, 5.41) is 7.89. The number of H-pyrrole nitrogens is 1. The van der Waals surface area contributed by atoms with Crippen molar-refractivity contribution in [1.82, 2.24) is 15.6 Å². The predicted molar refractivity (Wildman–Crippen MR) is 119 cm³/mol. The highest BCUT2D eigenvalue weighted by molar-refractivity contribution is 7.90. The van der Waals surface area contributed by atoms with Crippen LogP contribution in [0.2, 0.25) is 0 Å². The third kappa shape index (κ3) is 5.38. The van der Waals surface area contributed by atoms with E-state index in [1.807, 2.05) is 25.1 Å². The highest BCUT2D eigenvalue weighted by atomic mass is 32.2. The summed E-state index contributed by atoms with van der Waals surface area (Å²) in [6.45, 7) is 3.20. The Labute approximate surface area is 172 Å². The first-order valence-corrected chi connectivity index (χ1v) is 11.6. The second kappa shape index (κ2) is 9.13. The van der Waals surface area contributed by atoms with Gasteiger partial charge in [0.25, 0.3) is 0 Å². The van der Waals surface area contributed by atoms with E-state index in [2.05, 4.69) is 45.0 Å². The highest BCUT2D eigenvalue weighted by Crippen LogP contribution is 2.19. The number of benzene rings is 2. The number of aromatic nitrogens is 1. The van der Waals surface area contributed by atoms with Crippen molar-refractivity contribution >= 4 is 26.7 Å². The van der Waals surface area contributed by atoms with Crippen molar-refractivity contribution < 1.29 is 8.42 Å². The molecule has 3 aromatic rings. The van der Waals surface area contributed by atoms with Gasteiger partial charge in [-0.1, -0.05) is 30.3 Å². The summed E-state index contributed by atoms with van der Waals surface area (Å²) in [6, 6.07) is 13.7. The number of aromatic amines is 1. The van der Waals surface area contributed by atoms with Crippen molar-refractivity contribution in [2.75, 3.05) is 19.8 Å². The summed E-state index contributed by atoms with van der Waals surface area (Å²) in [5.74, 6) is 0.730. The summed E-state index contributed by atoms with van der Waals surface area (Å²) in [4.78, 5) is 7.95. The van der Waals surface area contributed by atoms with Gasteiger partial charge in [0, 0.05) is 43.5 Å². The second-order valence-corrected chi connectivity index (χ2v) is 9.17. The van der Waals surface area contributed by atoms with E-state index < -0.39 is 9.84 Å². The summed E-state index contributed by atoms with van der Waals surface area (Å²) in [6.07, 6.45) is 5.29. The van der Waals surface area contributed by atoms with E-state index in [-0.39, 0.29) is 0 Å². The number of rotatable bonds is 7. The van der Waals surface area contributed by atoms with E-state index >= 15 is 0 Å². The van der Waals surface area contributed by atoms with Crippen LogP contribution in [-0.2, 0) is 22.8 Å². The minimum Gasteiger partial charge on any atom is -0.361 e. The van der Waals surface area contributed by atoms with Gasteiger partial charge in [-0.15, -0.1) is 0 Å². The van der Waals surface area contributed by atoms with Crippen LogP contribution in [-0.4, -0.2) is 39.2 Å². The molecular formula is C22H28N4O2S. The summed E-state index contributed by atoms with van der Waals surface area (Å²) in [7, 11) is -1.45. The van der Waals surface area contributed by atoms with Crippen molar-refractivity contribution in [3.05, 3.63) is 65.4 Å². The Balaban J connectivity index is 1.48. The molecule has 0 saturated carbocycles. The zero-order valence-electron chi connectivity index (χ0n) is 17.1. The first kappa shape index (κ1) is 20.9. The minimum absolute atomic E-state index is 0.376. The van der Waals surface area contributed by atoms with Crippen LogP contribution in [0.25, 0.3) is 10.9 Å². The molecule has 3 N–H and O–H groups in total. The third-order valence-electron chi connectivity index (χ3n) is 4.91. The number of nitrogens with zero attached hydrogens (tertiary/aromatic N) is 1. The SMILES string of the molecule is CN=C(NCCCc1c[nH]c2ccccc12)NCc1ccc(S(C)(=O)=O)c(C)c1. The number of hydrogen-bond acceptors (Lipinski definition) is 3. The minimum atomic E-state index is -3.19. The smallest absolute Gasteiger partial charge is 0.191 e. The van der Waals surface area contributed by atoms with Gasteiger partial charge in [0.1, 0.15) is 0 Å². The molecule has 0 aliphatic carbocycles. The summed E-state index contributed by atoms with van der Waals surface area (Å²) >= 11 is 0. The van der Waals surface area contributed by atoms with E-state index in [9.17, 15) is 8.42 Å². The Bertz CT molecular complexity index is 1120. The highest BCUT2D eigenvalue weighted by Gasteiger charge is 2.11. The maximum Gasteiger partial charge on any atom is 0.191 e. The lowest BCUT2D eigenvalue weighted by Crippen LogP contribution is -2.37. The van der Waals surface area contributed by atoms with Crippen LogP contribution in [0.15, 0.2) is 58.5 Å². The zero-order valence-corrected chi connectivity index (χ0v) is 17.9. The van der Waals surface area contributed by atoms with Gasteiger partial charge in [-0.2, -0.15) is 0 Å². The predicted octanol–water partition coefficient (Wildman–Crippen LogP) is 3.18. The number of hydrogen-bond donors (Lipinski definition) is 3. The molecule has 0 amide bonds. The largest absolute Gasteiger partial charge is 0.361 e. The average molecular weight is 413 g/mol. The van der Waals surface area contributed by atoms with Crippen LogP contribution in [0.3, 0.4) is 0 Å². The number of aliphatic imine (C=N–C) groups is 1. The molecule has 1 aromatic heterocycles. The number of para-hydroxylation sites is 1. The first-order valence-electron chi connectivity index (χ1n) is 9.67. The van der Waals surface area contributed by atoms with E-state index in [1.165, 1.54) is 22.7 Å². The van der Waals surface area contributed by atoms with Crippen molar-refractivity contribution in [3.8, 4) is 0 Å². The fraction of sp³-hybridized carbons (Fsp3) is 0.318. The van der Waals surface area contributed by atoms with Gasteiger partial charge in [0.05, 0.1) is 4.90 Å². The lowest BCUT2D eigenvalue weighted by molar-refractivity contribution is 0.601. The number of sulfone groups is 1. The summed E-state index contributed by atoms with van der Waals surface area (Å²) < 4.78 is 23.5. The molecule has 0 saturated heterocycles. The lowest BCUT2D eigenvalue weighted by Gasteiger charge is -2.13. The number of nitrogens with one attached hydrogen (secondary N) is 3. The van der Waals surface area contributed by atoms with Crippen molar-refractivity contribution in [3.63, 3.8) is 0 Å². The summed E-state index contributed by atoms with van der Waals surface area (Å²) in [5.41, 5.74) is 4.27. The Morgan fingerprint density at radius 1 is 1.14 bits per heavy atom. The molecule has 0 spiro atoms. The monoisotopic (exact) mass is 412 g/mol. The van der Waals surface area contributed by atoms with Gasteiger partial charge in [0.2, 0.25) is 0 Å². The van der Waals surface area contributed by atoms with Crippen LogP contribution in [0.5, 0.6) is 0 Å². The first-order chi connectivity index (χ1) is 13.9. The number of fused-ring (bicyclic) bond motifs is 1. The van der Waals surface area contributed by atoms with Gasteiger partial charge in [0.15, 0.2) is 15.8 Å². The van der Waals surface area contributed by atoms with Gasteiger partial charge in [-0.3, -0.25) is 4.99 Å². The Kier molecular flexibility index (Phi) is 6.59. The molecule has 0 aliphatic heterocycles. The second-order valence-electron chi connectivity index (χ2n) is 7.19. The van der Waals surface area contributed by atoms with Crippen LogP contribution in [0.4, 0.5) is 0 Å². The standard InChI is InChI=1S/C22H28N4O2S/c1-16-13-17(10-11-21(16)29(3,27)28)14-26-22(23-2)24-12-6-7-18-15-25-20-9-5-4-8-19(18)20/h4-5,8-11,13,15,25H,6-7,12,14H2,1-3H3,(H2,23,24,26). The molecule has 154 valence electrons. The van der Waals surface area contributed by atoms with Crippen LogP contribution in [0.1, 0.15) is 23.1 Å². The maximum atomic E-state index is 11.7. The number of guanidine groups is 1. The molecule has 6 nitrogen and oxygen atoms in total. The molecule has 0 bridgehead atoms. The molecule has 1 heterocycles. The van der Waals surface area contributed by atoms with Crippen LogP contribution in [0, 0.1) is 6.92 Å². The van der Waals surface area contributed by atoms with Crippen LogP contribution < -0.4 is 10.6 Å². The molecule has 0 atom stereocenters. The molecule has 0 unspecified atom stereocenters. The topological polar surface area (TPSA) is 86.3 Å². The van der Waals surface area contributed by atoms with Crippen molar-refractivity contribution in [1.29, 1.82) is 0 Å². The molecule has 0 aliphatic rings. The van der Waals surface area contributed by atoms with Crippen molar-refractivity contribution in [2.45, 2.75) is 31.2 Å². The number of aryl methyl sites for hydroxylation is 2. The Hall–Kier alpha value is -2.80. The fourth-order valence-corrected chi connectivity index (χ4v) is 4.43. The molecule has 2 aromatic carbocycles. The maximum absolute atomic E-state index is 11.7. The third-order valence-corrected chi connectivity index (χ3v) is 6.17. The molecule has 3 rings (SSSR count). The molecule has 0 radical (unpaired) electrons. The van der Waals surface area contributed by atoms with E-state index in [0.29, 0.717) is 11.4 Å². The van der Waals surface area contributed by atoms with Crippen molar-refractivity contribution in [2.24, 2.45) is 4.99 Å². The van der Waals surface area contributed by atoms with E-state index in [4.69, 9.17) is 0 Å². The average Bonchev–Trinajstić information content (AvgIpc) is 3.09. The Morgan fingerprint density at radius 2 is 1.93 bits per heavy atom. The Morgan fingerprint density at radius 3 is 2.66 bits per heavy atom. The van der Waals surface area contributed by atoms with Crippen LogP contribution >= 0.6 is 0 Å². The zero-order chi connectivity index (χ0) is 20.9. The van der Waals surface area contributed by atoms with Gasteiger partial charge in [-0.25, -0.2) is 8.42 Å². The van der Waals surface area contributed by atoms with E-state index in [0.717, 1.165) is 36.5 Å². The molecular weight excluding hydrogens is 384 g/mol. The normalized spacial score (nSPS) is 12.3. The molecule has 0 fully saturated rings. The van der Waals surface area contributed by atoms with E-state index in [1.54, 1.807) is 13.1 Å². The van der Waals surface area contributed by atoms with Gasteiger partial charge < -0.3 is 15.6 Å². The molecule has 7 heteroatoms. The fourth-order valence-electron chi connectivity index (χ4n) is 3.47. The quantitative estimate of drug-likeness (QED) is 0.316. The lowest BCUT2D eigenvalue weighted by atomic mass is 10.1. The van der Waals surface area contributed by atoms with Gasteiger partial charge in [-0.05, 0) is 48.6 Å².